The predicted molar refractivity (Wildman–Crippen MR) is 118 cm³/mol. The van der Waals surface area contributed by atoms with Crippen molar-refractivity contribution in [2.45, 2.75) is 13.8 Å². The molecular weight excluding hydrogens is 418 g/mol. The summed E-state index contributed by atoms with van der Waals surface area (Å²) < 4.78 is 15.9. The van der Waals surface area contributed by atoms with Gasteiger partial charge >= 0.3 is 5.97 Å². The second-order valence-electron chi connectivity index (χ2n) is 7.12. The lowest BCUT2D eigenvalue weighted by molar-refractivity contribution is 0.0602. The van der Waals surface area contributed by atoms with E-state index in [-0.39, 0.29) is 5.91 Å². The predicted octanol–water partition coefficient (Wildman–Crippen LogP) is 3.90. The minimum Gasteiger partial charge on any atom is -0.465 e. The van der Waals surface area contributed by atoms with Gasteiger partial charge in [-0.2, -0.15) is 0 Å². The molecule has 9 heteroatoms. The third-order valence-corrected chi connectivity index (χ3v) is 6.16. The van der Waals surface area contributed by atoms with E-state index in [4.69, 9.17) is 13.9 Å². The fraction of sp³-hybridized carbons (Fsp3) is 0.318. The summed E-state index contributed by atoms with van der Waals surface area (Å²) in [5, 5.41) is 3.47. The summed E-state index contributed by atoms with van der Waals surface area (Å²) in [7, 11) is 1.32. The Bertz CT molecular complexity index is 1110. The Morgan fingerprint density at radius 1 is 1.16 bits per heavy atom. The van der Waals surface area contributed by atoms with Gasteiger partial charge in [0, 0.05) is 18.8 Å². The van der Waals surface area contributed by atoms with E-state index in [2.05, 4.69) is 15.2 Å². The molecule has 1 aliphatic heterocycles. The fourth-order valence-electron chi connectivity index (χ4n) is 3.38. The van der Waals surface area contributed by atoms with E-state index in [1.807, 2.05) is 25.1 Å². The molecule has 0 saturated carbocycles. The van der Waals surface area contributed by atoms with E-state index in [9.17, 15) is 9.59 Å². The number of nitrogens with zero attached hydrogens (tertiary/aromatic N) is 2. The third-order valence-electron chi connectivity index (χ3n) is 4.99. The molecule has 0 radical (unpaired) electrons. The van der Waals surface area contributed by atoms with E-state index in [1.165, 1.54) is 18.4 Å². The number of carbonyl (C=O) groups excluding carboxylic acids is 2. The monoisotopic (exact) mass is 441 g/mol. The minimum atomic E-state index is -0.516. The molecule has 2 aromatic heterocycles. The van der Waals surface area contributed by atoms with Crippen LogP contribution in [0, 0.1) is 13.8 Å². The molecule has 0 spiro atoms. The topological polar surface area (TPSA) is 93.9 Å². The normalized spacial score (nSPS) is 13.8. The molecule has 8 nitrogen and oxygen atoms in total. The maximum Gasteiger partial charge on any atom is 0.340 e. The summed E-state index contributed by atoms with van der Waals surface area (Å²) >= 11 is 1.24. The van der Waals surface area contributed by atoms with Crippen molar-refractivity contribution in [1.82, 2.24) is 4.98 Å². The molecule has 3 aromatic rings. The molecule has 0 unspecified atom stereocenters. The molecule has 0 atom stereocenters. The van der Waals surface area contributed by atoms with Gasteiger partial charge in [0.2, 0.25) is 0 Å². The summed E-state index contributed by atoms with van der Waals surface area (Å²) in [6.45, 7) is 6.37. The van der Waals surface area contributed by atoms with Crippen LogP contribution in [0.15, 0.2) is 34.7 Å². The van der Waals surface area contributed by atoms with Gasteiger partial charge in [-0.3, -0.25) is 4.79 Å². The lowest BCUT2D eigenvalue weighted by atomic mass is 10.1. The van der Waals surface area contributed by atoms with E-state index in [0.717, 1.165) is 24.5 Å². The molecule has 3 heterocycles. The van der Waals surface area contributed by atoms with Gasteiger partial charge in [-0.25, -0.2) is 9.78 Å². The zero-order valence-electron chi connectivity index (χ0n) is 17.6. The average Bonchev–Trinajstić information content (AvgIpc) is 3.39. The van der Waals surface area contributed by atoms with Crippen LogP contribution in [-0.4, -0.2) is 50.3 Å². The van der Waals surface area contributed by atoms with Gasteiger partial charge < -0.3 is 24.1 Å². The van der Waals surface area contributed by atoms with Crippen LogP contribution in [0.3, 0.4) is 0 Å². The first kappa shape index (κ1) is 21.1. The van der Waals surface area contributed by atoms with Gasteiger partial charge in [0.05, 0.1) is 37.3 Å². The second-order valence-corrected chi connectivity index (χ2v) is 8.12. The quantitative estimate of drug-likeness (QED) is 0.600. The van der Waals surface area contributed by atoms with Crippen LogP contribution in [0.2, 0.25) is 0 Å². The van der Waals surface area contributed by atoms with Crippen LogP contribution in [0.5, 0.6) is 0 Å². The Kier molecular flexibility index (Phi) is 6.06. The molecule has 31 heavy (non-hydrogen) atoms. The molecule has 1 aromatic carbocycles. The van der Waals surface area contributed by atoms with Crippen LogP contribution in [0.1, 0.15) is 31.5 Å². The lowest BCUT2D eigenvalue weighted by Gasteiger charge is -2.29. The minimum absolute atomic E-state index is 0.295. The number of aromatic nitrogens is 1. The van der Waals surface area contributed by atoms with Gasteiger partial charge in [0.15, 0.2) is 10.8 Å². The number of aryl methyl sites for hydroxylation is 2. The summed E-state index contributed by atoms with van der Waals surface area (Å²) in [4.78, 5) is 32.4. The molecule has 4 rings (SSSR count). The molecule has 162 valence electrons. The van der Waals surface area contributed by atoms with Crippen molar-refractivity contribution < 1.29 is 23.5 Å². The van der Waals surface area contributed by atoms with Gasteiger partial charge in [0.1, 0.15) is 10.6 Å². The summed E-state index contributed by atoms with van der Waals surface area (Å²) in [5.41, 5.74) is 2.16. The SMILES string of the molecule is COC(=O)c1cc(N2CCOCC2)ccc1NC(=O)c1sc(-c2ccc(C)o2)nc1C. The third kappa shape index (κ3) is 4.47. The van der Waals surface area contributed by atoms with Gasteiger partial charge in [0.25, 0.3) is 5.91 Å². The molecular formula is C22H23N3O5S. The van der Waals surface area contributed by atoms with Crippen molar-refractivity contribution >= 4 is 34.6 Å². The number of ether oxygens (including phenoxy) is 2. The van der Waals surface area contributed by atoms with Crippen LogP contribution in [0.4, 0.5) is 11.4 Å². The smallest absolute Gasteiger partial charge is 0.340 e. The maximum atomic E-state index is 13.0. The first-order chi connectivity index (χ1) is 15.0. The van der Waals surface area contributed by atoms with Crippen molar-refractivity contribution in [3.05, 3.63) is 52.2 Å². The number of hydrogen-bond donors (Lipinski definition) is 1. The zero-order valence-corrected chi connectivity index (χ0v) is 18.4. The van der Waals surface area contributed by atoms with Crippen molar-refractivity contribution in [2.75, 3.05) is 43.6 Å². The molecule has 1 aliphatic rings. The lowest BCUT2D eigenvalue weighted by Crippen LogP contribution is -2.36. The molecule has 1 N–H and O–H groups in total. The molecule has 1 fully saturated rings. The largest absolute Gasteiger partial charge is 0.465 e. The molecule has 1 amide bonds. The average molecular weight is 442 g/mol. The fourth-order valence-corrected chi connectivity index (χ4v) is 4.30. The van der Waals surface area contributed by atoms with Crippen LogP contribution < -0.4 is 10.2 Å². The highest BCUT2D eigenvalue weighted by atomic mass is 32.1. The van der Waals surface area contributed by atoms with Crippen LogP contribution in [-0.2, 0) is 9.47 Å². The van der Waals surface area contributed by atoms with Gasteiger partial charge in [-0.05, 0) is 44.2 Å². The number of hydrogen-bond acceptors (Lipinski definition) is 8. The van der Waals surface area contributed by atoms with Crippen molar-refractivity contribution in [1.29, 1.82) is 0 Å². The standard InChI is InChI=1S/C22H23N3O5S/c1-13-4-7-18(30-13)21-23-14(2)19(31-21)20(26)24-17-6-5-15(12-16(17)22(27)28-3)25-8-10-29-11-9-25/h4-7,12H,8-11H2,1-3H3,(H,24,26). The van der Waals surface area contributed by atoms with E-state index >= 15 is 0 Å². The molecule has 1 saturated heterocycles. The van der Waals surface area contributed by atoms with Gasteiger partial charge in [-0.1, -0.05) is 0 Å². The first-order valence-electron chi connectivity index (χ1n) is 9.87. The Balaban J connectivity index is 1.60. The van der Waals surface area contributed by atoms with Crippen molar-refractivity contribution in [3.8, 4) is 10.8 Å². The summed E-state index contributed by atoms with van der Waals surface area (Å²) in [6, 6.07) is 9.02. The number of esters is 1. The van der Waals surface area contributed by atoms with Crippen molar-refractivity contribution in [2.24, 2.45) is 0 Å². The summed E-state index contributed by atoms with van der Waals surface area (Å²) in [5.74, 6) is 0.540. The first-order valence-corrected chi connectivity index (χ1v) is 10.7. The number of nitrogens with one attached hydrogen (secondary N) is 1. The number of morpholine rings is 1. The number of anilines is 2. The highest BCUT2D eigenvalue weighted by Gasteiger charge is 2.22. The van der Waals surface area contributed by atoms with E-state index < -0.39 is 5.97 Å². The van der Waals surface area contributed by atoms with Crippen molar-refractivity contribution in [3.63, 3.8) is 0 Å². The number of methoxy groups -OCH3 is 1. The highest BCUT2D eigenvalue weighted by Crippen LogP contribution is 2.31. The number of amides is 1. The Morgan fingerprint density at radius 3 is 2.61 bits per heavy atom. The number of rotatable bonds is 5. The molecule has 0 bridgehead atoms. The number of thiazole rings is 1. The van der Waals surface area contributed by atoms with Crippen LogP contribution in [0.25, 0.3) is 10.8 Å². The summed E-state index contributed by atoms with van der Waals surface area (Å²) in [6.07, 6.45) is 0. The number of furan rings is 1. The maximum absolute atomic E-state index is 13.0. The highest BCUT2D eigenvalue weighted by molar-refractivity contribution is 7.17. The van der Waals surface area contributed by atoms with E-state index in [0.29, 0.717) is 45.8 Å². The Labute approximate surface area is 183 Å². The molecule has 0 aliphatic carbocycles. The Morgan fingerprint density at radius 2 is 1.94 bits per heavy atom. The number of benzene rings is 1. The Hall–Kier alpha value is -3.17. The van der Waals surface area contributed by atoms with Gasteiger partial charge in [-0.15, -0.1) is 11.3 Å². The van der Waals surface area contributed by atoms with Crippen LogP contribution >= 0.6 is 11.3 Å². The number of carbonyl (C=O) groups is 2. The second kappa shape index (κ2) is 8.91. The van der Waals surface area contributed by atoms with E-state index in [1.54, 1.807) is 19.1 Å². The zero-order chi connectivity index (χ0) is 22.0.